The predicted octanol–water partition coefficient (Wildman–Crippen LogP) is 3.65. The Morgan fingerprint density at radius 2 is 2.05 bits per heavy atom. The van der Waals surface area contributed by atoms with E-state index in [0.29, 0.717) is 29.1 Å². The Balaban J connectivity index is 3.07. The van der Waals surface area contributed by atoms with Crippen LogP contribution in [0.25, 0.3) is 0 Å². The van der Waals surface area contributed by atoms with Crippen molar-refractivity contribution in [1.29, 1.82) is 0 Å². The summed E-state index contributed by atoms with van der Waals surface area (Å²) in [6.45, 7) is 9.07. The van der Waals surface area contributed by atoms with Crippen LogP contribution in [0.2, 0.25) is 0 Å². The van der Waals surface area contributed by atoms with Crippen LogP contribution in [-0.2, 0) is 0 Å². The number of hydrogen-bond donors (Lipinski definition) is 3. The first-order valence-electron chi connectivity index (χ1n) is 6.97. The number of nitrogens with two attached hydrogens (primary N) is 1. The monoisotopic (exact) mass is 315 g/mol. The summed E-state index contributed by atoms with van der Waals surface area (Å²) in [6.07, 6.45) is 3.03. The molecule has 20 heavy (non-hydrogen) atoms. The van der Waals surface area contributed by atoms with Crippen LogP contribution in [0.4, 0.5) is 10.7 Å². The first kappa shape index (κ1) is 17.2. The maximum atomic E-state index is 12.0. The van der Waals surface area contributed by atoms with Gasteiger partial charge >= 0.3 is 0 Å². The summed E-state index contributed by atoms with van der Waals surface area (Å²) in [5.74, 6) is 0.446. The van der Waals surface area contributed by atoms with E-state index in [1.165, 1.54) is 11.3 Å². The zero-order valence-electron chi connectivity index (χ0n) is 12.9. The van der Waals surface area contributed by atoms with Crippen LogP contribution in [0.5, 0.6) is 0 Å². The quantitative estimate of drug-likeness (QED) is 0.672. The molecule has 1 amide bonds. The molecule has 4 N–H and O–H groups in total. The summed E-state index contributed by atoms with van der Waals surface area (Å²) in [5.41, 5.74) is 6.72. The Bertz CT molecular complexity index is 458. The van der Waals surface area contributed by atoms with Crippen molar-refractivity contribution in [3.63, 3.8) is 0 Å². The molecule has 0 aliphatic heterocycles. The van der Waals surface area contributed by atoms with Crippen molar-refractivity contribution in [1.82, 2.24) is 5.32 Å². The Hall–Kier alpha value is -0.880. The number of carbonyl (C=O) groups excluding carboxylic acids is 1. The van der Waals surface area contributed by atoms with Crippen LogP contribution in [-0.4, -0.2) is 24.7 Å². The van der Waals surface area contributed by atoms with E-state index in [1.54, 1.807) is 11.8 Å². The van der Waals surface area contributed by atoms with Crippen molar-refractivity contribution < 1.29 is 4.79 Å². The highest BCUT2D eigenvalue weighted by atomic mass is 32.2. The van der Waals surface area contributed by atoms with Gasteiger partial charge in [0.2, 0.25) is 0 Å². The van der Waals surface area contributed by atoms with Crippen LogP contribution in [0.1, 0.15) is 43.8 Å². The van der Waals surface area contributed by atoms with Gasteiger partial charge < -0.3 is 16.4 Å². The average molecular weight is 316 g/mol. The zero-order chi connectivity index (χ0) is 15.3. The topological polar surface area (TPSA) is 67.2 Å². The minimum absolute atomic E-state index is 0.0871. The van der Waals surface area contributed by atoms with Gasteiger partial charge in [-0.25, -0.2) is 0 Å². The lowest BCUT2D eigenvalue weighted by Crippen LogP contribution is -2.24. The van der Waals surface area contributed by atoms with Crippen LogP contribution < -0.4 is 16.4 Å². The SMILES string of the molecule is CCNC(=O)c1sc(NC(CC)C(C)C)c(SC)c1N. The van der Waals surface area contributed by atoms with Crippen molar-refractivity contribution in [2.75, 3.05) is 23.9 Å². The Morgan fingerprint density at radius 3 is 2.50 bits per heavy atom. The third-order valence-electron chi connectivity index (χ3n) is 3.21. The fourth-order valence-corrected chi connectivity index (χ4v) is 4.04. The molecular formula is C14H25N3OS2. The van der Waals surface area contributed by atoms with Gasteiger partial charge in [0.25, 0.3) is 5.91 Å². The van der Waals surface area contributed by atoms with Gasteiger partial charge in [-0.05, 0) is 25.5 Å². The van der Waals surface area contributed by atoms with Crippen LogP contribution in [0.3, 0.4) is 0 Å². The van der Waals surface area contributed by atoms with Crippen LogP contribution in [0, 0.1) is 5.92 Å². The van der Waals surface area contributed by atoms with E-state index in [2.05, 4.69) is 31.4 Å². The number of nitrogen functional groups attached to an aromatic ring is 1. The molecule has 0 saturated heterocycles. The van der Waals surface area contributed by atoms with Gasteiger partial charge in [-0.3, -0.25) is 4.79 Å². The second kappa shape index (κ2) is 7.78. The molecule has 4 nitrogen and oxygen atoms in total. The van der Waals surface area contributed by atoms with Gasteiger partial charge in [0, 0.05) is 12.6 Å². The minimum Gasteiger partial charge on any atom is -0.396 e. The molecule has 0 aliphatic carbocycles. The largest absolute Gasteiger partial charge is 0.396 e. The standard InChI is InChI=1S/C14H25N3OS2/c1-6-9(8(3)4)17-14-12(19-5)10(15)11(20-14)13(18)16-7-2/h8-9,17H,6-7,15H2,1-5H3,(H,16,18). The van der Waals surface area contributed by atoms with Gasteiger partial charge in [0.15, 0.2) is 0 Å². The molecule has 0 radical (unpaired) electrons. The van der Waals surface area contributed by atoms with Gasteiger partial charge in [0.1, 0.15) is 9.88 Å². The van der Waals surface area contributed by atoms with Crippen molar-refractivity contribution in [2.45, 2.75) is 45.1 Å². The average Bonchev–Trinajstić information content (AvgIpc) is 2.72. The highest BCUT2D eigenvalue weighted by molar-refractivity contribution is 7.99. The Kier molecular flexibility index (Phi) is 6.68. The summed E-state index contributed by atoms with van der Waals surface area (Å²) in [6, 6.07) is 0.390. The third kappa shape index (κ3) is 3.82. The van der Waals surface area contributed by atoms with Gasteiger partial charge in [-0.15, -0.1) is 23.1 Å². The van der Waals surface area contributed by atoms with Crippen molar-refractivity contribution in [3.8, 4) is 0 Å². The number of anilines is 2. The molecule has 114 valence electrons. The molecule has 0 fully saturated rings. The summed E-state index contributed by atoms with van der Waals surface area (Å²) in [4.78, 5) is 13.6. The highest BCUT2D eigenvalue weighted by Gasteiger charge is 2.22. The minimum atomic E-state index is -0.0871. The fourth-order valence-electron chi connectivity index (χ4n) is 2.04. The van der Waals surface area contributed by atoms with E-state index in [-0.39, 0.29) is 5.91 Å². The smallest absolute Gasteiger partial charge is 0.263 e. The summed E-state index contributed by atoms with van der Waals surface area (Å²) in [5, 5.41) is 7.37. The molecule has 1 heterocycles. The molecular weight excluding hydrogens is 290 g/mol. The molecule has 0 aromatic carbocycles. The van der Waals surface area contributed by atoms with E-state index in [9.17, 15) is 4.79 Å². The molecule has 1 aromatic rings. The fraction of sp³-hybridized carbons (Fsp3) is 0.643. The number of nitrogens with one attached hydrogen (secondary N) is 2. The lowest BCUT2D eigenvalue weighted by atomic mass is 10.0. The summed E-state index contributed by atoms with van der Waals surface area (Å²) >= 11 is 3.04. The van der Waals surface area contributed by atoms with E-state index in [4.69, 9.17) is 5.73 Å². The summed E-state index contributed by atoms with van der Waals surface area (Å²) < 4.78 is 0. The molecule has 1 unspecified atom stereocenters. The van der Waals surface area contributed by atoms with Crippen molar-refractivity contribution >= 4 is 39.7 Å². The highest BCUT2D eigenvalue weighted by Crippen LogP contribution is 2.42. The molecule has 1 aromatic heterocycles. The third-order valence-corrected chi connectivity index (χ3v) is 5.31. The number of carbonyl (C=O) groups is 1. The Morgan fingerprint density at radius 1 is 1.40 bits per heavy atom. The lowest BCUT2D eigenvalue weighted by Gasteiger charge is -2.21. The first-order chi connectivity index (χ1) is 9.46. The number of thioether (sulfide) groups is 1. The molecule has 0 bridgehead atoms. The number of hydrogen-bond acceptors (Lipinski definition) is 5. The zero-order valence-corrected chi connectivity index (χ0v) is 14.5. The number of amides is 1. The lowest BCUT2D eigenvalue weighted by molar-refractivity contribution is 0.0960. The van der Waals surface area contributed by atoms with Crippen LogP contribution in [0.15, 0.2) is 4.90 Å². The first-order valence-corrected chi connectivity index (χ1v) is 9.01. The molecule has 0 saturated carbocycles. The molecule has 1 atom stereocenters. The second-order valence-electron chi connectivity index (χ2n) is 4.97. The Labute approximate surface area is 129 Å². The number of rotatable bonds is 7. The van der Waals surface area contributed by atoms with E-state index < -0.39 is 0 Å². The van der Waals surface area contributed by atoms with Gasteiger partial charge in [0.05, 0.1) is 10.6 Å². The van der Waals surface area contributed by atoms with E-state index >= 15 is 0 Å². The van der Waals surface area contributed by atoms with E-state index in [1.807, 2.05) is 13.2 Å². The van der Waals surface area contributed by atoms with E-state index in [0.717, 1.165) is 16.3 Å². The predicted molar refractivity (Wildman–Crippen MR) is 91.1 cm³/mol. The van der Waals surface area contributed by atoms with Crippen molar-refractivity contribution in [2.24, 2.45) is 5.92 Å². The number of thiophene rings is 1. The summed E-state index contributed by atoms with van der Waals surface area (Å²) in [7, 11) is 0. The maximum Gasteiger partial charge on any atom is 0.263 e. The van der Waals surface area contributed by atoms with Crippen molar-refractivity contribution in [3.05, 3.63) is 4.88 Å². The van der Waals surface area contributed by atoms with Gasteiger partial charge in [-0.2, -0.15) is 0 Å². The normalized spacial score (nSPS) is 12.5. The maximum absolute atomic E-state index is 12.0. The van der Waals surface area contributed by atoms with Gasteiger partial charge in [-0.1, -0.05) is 20.8 Å². The second-order valence-corrected chi connectivity index (χ2v) is 6.81. The molecule has 0 spiro atoms. The molecule has 1 rings (SSSR count). The molecule has 6 heteroatoms. The van der Waals surface area contributed by atoms with Crippen LogP contribution >= 0.6 is 23.1 Å². The molecule has 0 aliphatic rings.